The van der Waals surface area contributed by atoms with Crippen molar-refractivity contribution in [1.29, 1.82) is 0 Å². The summed E-state index contributed by atoms with van der Waals surface area (Å²) in [4.78, 5) is 8.92. The van der Waals surface area contributed by atoms with E-state index in [1.165, 1.54) is 5.56 Å². The monoisotopic (exact) mass is 281 g/mol. The van der Waals surface area contributed by atoms with Crippen LogP contribution in [0.1, 0.15) is 29.6 Å². The summed E-state index contributed by atoms with van der Waals surface area (Å²) in [5.41, 5.74) is 11.1. The van der Waals surface area contributed by atoms with Crippen molar-refractivity contribution in [3.63, 3.8) is 0 Å². The lowest BCUT2D eigenvalue weighted by atomic mass is 10.0. The maximum atomic E-state index is 6.02. The molecule has 2 N–H and O–H groups in total. The number of anilines is 1. The molecular formula is C17H19N3O. The van der Waals surface area contributed by atoms with Crippen LogP contribution in [0.5, 0.6) is 0 Å². The molecule has 0 fully saturated rings. The first-order valence-corrected chi connectivity index (χ1v) is 7.26. The molecule has 0 aliphatic heterocycles. The second-order valence-corrected chi connectivity index (χ2v) is 5.21. The number of aromatic nitrogens is 2. The minimum atomic E-state index is 0.612. The van der Waals surface area contributed by atoms with E-state index in [0.29, 0.717) is 5.82 Å². The first kappa shape index (κ1) is 13.6. The number of benzene rings is 1. The van der Waals surface area contributed by atoms with Gasteiger partial charge in [-0.1, -0.05) is 25.1 Å². The summed E-state index contributed by atoms with van der Waals surface area (Å²) in [6, 6.07) is 9.96. The molecule has 3 aromatic rings. The first-order chi connectivity index (χ1) is 10.2. The van der Waals surface area contributed by atoms with Crippen LogP contribution in [0.2, 0.25) is 0 Å². The molecule has 3 rings (SSSR count). The minimum Gasteiger partial charge on any atom is -0.441 e. The number of fused-ring (bicyclic) bond motifs is 1. The first-order valence-electron chi connectivity index (χ1n) is 7.26. The fourth-order valence-electron chi connectivity index (χ4n) is 2.54. The second kappa shape index (κ2) is 5.56. The zero-order chi connectivity index (χ0) is 14.8. The van der Waals surface area contributed by atoms with Crippen LogP contribution in [0.3, 0.4) is 0 Å². The number of nitrogens with zero attached hydrogens (tertiary/aromatic N) is 2. The topological polar surface area (TPSA) is 64.9 Å². The van der Waals surface area contributed by atoms with Gasteiger partial charge in [0.15, 0.2) is 11.5 Å². The number of hydrogen-bond acceptors (Lipinski definition) is 4. The Morgan fingerprint density at radius 3 is 2.67 bits per heavy atom. The Morgan fingerprint density at radius 2 is 1.90 bits per heavy atom. The van der Waals surface area contributed by atoms with Crippen LogP contribution < -0.4 is 5.73 Å². The van der Waals surface area contributed by atoms with Crippen molar-refractivity contribution < 1.29 is 4.42 Å². The smallest absolute Gasteiger partial charge is 0.195 e. The van der Waals surface area contributed by atoms with Crippen LogP contribution in [0.15, 0.2) is 34.7 Å². The van der Waals surface area contributed by atoms with Gasteiger partial charge < -0.3 is 10.2 Å². The number of para-hydroxylation sites is 2. The summed E-state index contributed by atoms with van der Waals surface area (Å²) >= 11 is 0. The van der Waals surface area contributed by atoms with E-state index in [9.17, 15) is 0 Å². The number of pyridine rings is 1. The van der Waals surface area contributed by atoms with Gasteiger partial charge in [0.2, 0.25) is 0 Å². The van der Waals surface area contributed by atoms with Crippen molar-refractivity contribution in [1.82, 2.24) is 9.97 Å². The fourth-order valence-corrected chi connectivity index (χ4v) is 2.54. The molecule has 108 valence electrons. The Hall–Kier alpha value is -2.36. The SMILES string of the molecule is CCc1cc(CCc2nc3ccccc3o2)c(N)nc1C. The van der Waals surface area contributed by atoms with E-state index in [4.69, 9.17) is 10.2 Å². The van der Waals surface area contributed by atoms with Gasteiger partial charge in [-0.15, -0.1) is 0 Å². The third-order valence-electron chi connectivity index (χ3n) is 3.76. The van der Waals surface area contributed by atoms with Crippen LogP contribution >= 0.6 is 0 Å². The highest BCUT2D eigenvalue weighted by atomic mass is 16.3. The summed E-state index contributed by atoms with van der Waals surface area (Å²) in [7, 11) is 0. The molecule has 0 bridgehead atoms. The summed E-state index contributed by atoms with van der Waals surface area (Å²) < 4.78 is 5.74. The van der Waals surface area contributed by atoms with Crippen molar-refractivity contribution in [2.24, 2.45) is 0 Å². The standard InChI is InChI=1S/C17H19N3O/c1-3-12-10-13(17(18)19-11(12)2)8-9-16-20-14-6-4-5-7-15(14)21-16/h4-7,10H,3,8-9H2,1-2H3,(H2,18,19). The fraction of sp³-hybridized carbons (Fsp3) is 0.294. The van der Waals surface area contributed by atoms with Crippen molar-refractivity contribution >= 4 is 16.9 Å². The van der Waals surface area contributed by atoms with Crippen LogP contribution in [0.4, 0.5) is 5.82 Å². The molecule has 0 unspecified atom stereocenters. The molecule has 0 saturated heterocycles. The van der Waals surface area contributed by atoms with Crippen molar-refractivity contribution in [2.75, 3.05) is 5.73 Å². The quantitative estimate of drug-likeness (QED) is 0.795. The molecule has 0 aliphatic rings. The molecule has 0 aliphatic carbocycles. The molecule has 1 aromatic carbocycles. The van der Waals surface area contributed by atoms with E-state index in [0.717, 1.165) is 47.5 Å². The van der Waals surface area contributed by atoms with E-state index < -0.39 is 0 Å². The molecular weight excluding hydrogens is 262 g/mol. The number of nitrogens with two attached hydrogens (primary N) is 1. The third kappa shape index (κ3) is 2.75. The lowest BCUT2D eigenvalue weighted by Crippen LogP contribution is -2.04. The minimum absolute atomic E-state index is 0.612. The number of oxazole rings is 1. The summed E-state index contributed by atoms with van der Waals surface area (Å²) in [6.07, 6.45) is 2.49. The highest BCUT2D eigenvalue weighted by molar-refractivity contribution is 5.72. The van der Waals surface area contributed by atoms with E-state index in [1.807, 2.05) is 31.2 Å². The zero-order valence-corrected chi connectivity index (χ0v) is 12.4. The van der Waals surface area contributed by atoms with Crippen molar-refractivity contribution in [3.8, 4) is 0 Å². The normalized spacial score (nSPS) is 11.1. The van der Waals surface area contributed by atoms with Gasteiger partial charge in [0.25, 0.3) is 0 Å². The summed E-state index contributed by atoms with van der Waals surface area (Å²) in [6.45, 7) is 4.13. The van der Waals surface area contributed by atoms with Gasteiger partial charge in [0, 0.05) is 12.1 Å². The maximum Gasteiger partial charge on any atom is 0.195 e. The Morgan fingerprint density at radius 1 is 1.10 bits per heavy atom. The average Bonchev–Trinajstić information content (AvgIpc) is 2.89. The van der Waals surface area contributed by atoms with Gasteiger partial charge in [0.1, 0.15) is 11.3 Å². The summed E-state index contributed by atoms with van der Waals surface area (Å²) in [5, 5.41) is 0. The van der Waals surface area contributed by atoms with E-state index in [-0.39, 0.29) is 0 Å². The largest absolute Gasteiger partial charge is 0.441 e. The van der Waals surface area contributed by atoms with Gasteiger partial charge in [-0.25, -0.2) is 9.97 Å². The van der Waals surface area contributed by atoms with Crippen LogP contribution in [-0.2, 0) is 19.3 Å². The van der Waals surface area contributed by atoms with Crippen LogP contribution in [-0.4, -0.2) is 9.97 Å². The highest BCUT2D eigenvalue weighted by Gasteiger charge is 2.09. The Kier molecular flexibility index (Phi) is 3.60. The molecule has 2 heterocycles. The molecule has 0 amide bonds. The van der Waals surface area contributed by atoms with E-state index >= 15 is 0 Å². The predicted molar refractivity (Wildman–Crippen MR) is 84.2 cm³/mol. The lowest BCUT2D eigenvalue weighted by Gasteiger charge is -2.09. The van der Waals surface area contributed by atoms with Crippen molar-refractivity contribution in [3.05, 3.63) is 53.0 Å². The van der Waals surface area contributed by atoms with E-state index in [1.54, 1.807) is 0 Å². The van der Waals surface area contributed by atoms with Gasteiger partial charge in [-0.05, 0) is 43.0 Å². The molecule has 0 spiro atoms. The number of rotatable bonds is 4. The van der Waals surface area contributed by atoms with Crippen LogP contribution in [0, 0.1) is 6.92 Å². The molecule has 0 atom stereocenters. The average molecular weight is 281 g/mol. The predicted octanol–water partition coefficient (Wildman–Crippen LogP) is 3.46. The number of aryl methyl sites for hydroxylation is 4. The third-order valence-corrected chi connectivity index (χ3v) is 3.76. The molecule has 4 heteroatoms. The Bertz CT molecular complexity index is 744. The van der Waals surface area contributed by atoms with Crippen LogP contribution in [0.25, 0.3) is 11.1 Å². The summed E-state index contributed by atoms with van der Waals surface area (Å²) in [5.74, 6) is 1.36. The molecule has 0 radical (unpaired) electrons. The molecule has 21 heavy (non-hydrogen) atoms. The van der Waals surface area contributed by atoms with Crippen molar-refractivity contribution in [2.45, 2.75) is 33.1 Å². The maximum absolute atomic E-state index is 6.02. The number of nitrogen functional groups attached to an aromatic ring is 1. The Labute approximate surface area is 124 Å². The van der Waals surface area contributed by atoms with Gasteiger partial charge in [0.05, 0.1) is 0 Å². The van der Waals surface area contributed by atoms with Gasteiger partial charge in [-0.3, -0.25) is 0 Å². The number of hydrogen-bond donors (Lipinski definition) is 1. The molecule has 2 aromatic heterocycles. The van der Waals surface area contributed by atoms with Gasteiger partial charge >= 0.3 is 0 Å². The van der Waals surface area contributed by atoms with Gasteiger partial charge in [-0.2, -0.15) is 0 Å². The zero-order valence-electron chi connectivity index (χ0n) is 12.4. The van der Waals surface area contributed by atoms with E-state index in [2.05, 4.69) is 23.0 Å². The Balaban J connectivity index is 1.81. The molecule has 0 saturated carbocycles. The lowest BCUT2D eigenvalue weighted by molar-refractivity contribution is 0.528. The highest BCUT2D eigenvalue weighted by Crippen LogP contribution is 2.19. The second-order valence-electron chi connectivity index (χ2n) is 5.21. The molecule has 4 nitrogen and oxygen atoms in total.